The lowest BCUT2D eigenvalue weighted by Gasteiger charge is -2.14. The second-order valence-electron chi connectivity index (χ2n) is 5.48. The Labute approximate surface area is 128 Å². The van der Waals surface area contributed by atoms with Crippen LogP contribution in [0.25, 0.3) is 16.8 Å². The molecule has 1 nitrogen and oxygen atoms in total. The Hall–Kier alpha value is -1.89. The smallest absolute Gasteiger partial charge is 0.0737 e. The summed E-state index contributed by atoms with van der Waals surface area (Å²) in [5.74, 6) is 0. The number of aromatic nitrogens is 1. The van der Waals surface area contributed by atoms with Crippen molar-refractivity contribution in [3.8, 4) is 11.3 Å². The molecule has 110 valence electrons. The summed E-state index contributed by atoms with van der Waals surface area (Å²) in [7, 11) is 0. The molecule has 0 aliphatic heterocycles. The van der Waals surface area contributed by atoms with Crippen LogP contribution >= 0.6 is 0 Å². The normalized spacial score (nSPS) is 11.7. The molecule has 1 heteroatoms. The second kappa shape index (κ2) is 7.78. The first-order valence-corrected chi connectivity index (χ1v) is 7.98. The van der Waals surface area contributed by atoms with E-state index in [0.29, 0.717) is 0 Å². The number of pyridine rings is 1. The third kappa shape index (κ3) is 3.81. The SMILES string of the molecule is CCC/C=C(\CCC)c1ccccc1-c1ncccc1C. The molecule has 1 aromatic carbocycles. The van der Waals surface area contributed by atoms with E-state index in [9.17, 15) is 0 Å². The number of hydrogen-bond donors (Lipinski definition) is 0. The molecule has 0 saturated carbocycles. The number of benzene rings is 1. The van der Waals surface area contributed by atoms with Crippen molar-refractivity contribution in [1.29, 1.82) is 0 Å². The average molecular weight is 279 g/mol. The van der Waals surface area contributed by atoms with Crippen LogP contribution in [0.4, 0.5) is 0 Å². The molecule has 0 saturated heterocycles. The topological polar surface area (TPSA) is 12.9 Å². The summed E-state index contributed by atoms with van der Waals surface area (Å²) >= 11 is 0. The Balaban J connectivity index is 2.52. The van der Waals surface area contributed by atoms with Gasteiger partial charge < -0.3 is 0 Å². The third-order valence-electron chi connectivity index (χ3n) is 3.74. The van der Waals surface area contributed by atoms with Gasteiger partial charge in [0.2, 0.25) is 0 Å². The van der Waals surface area contributed by atoms with Crippen molar-refractivity contribution in [1.82, 2.24) is 4.98 Å². The number of hydrogen-bond acceptors (Lipinski definition) is 1. The highest BCUT2D eigenvalue weighted by Gasteiger charge is 2.11. The van der Waals surface area contributed by atoms with Gasteiger partial charge in [-0.15, -0.1) is 0 Å². The minimum atomic E-state index is 1.10. The maximum absolute atomic E-state index is 4.60. The number of allylic oxidation sites excluding steroid dienone is 2. The lowest BCUT2D eigenvalue weighted by atomic mass is 9.92. The van der Waals surface area contributed by atoms with Crippen LogP contribution in [0.5, 0.6) is 0 Å². The number of nitrogens with zero attached hydrogens (tertiary/aromatic N) is 1. The Morgan fingerprint density at radius 3 is 2.57 bits per heavy atom. The first kappa shape index (κ1) is 15.5. The van der Waals surface area contributed by atoms with E-state index in [2.05, 4.69) is 62.2 Å². The zero-order valence-corrected chi connectivity index (χ0v) is 13.4. The first-order chi connectivity index (χ1) is 10.3. The van der Waals surface area contributed by atoms with E-state index in [4.69, 9.17) is 0 Å². The Morgan fingerprint density at radius 1 is 1.05 bits per heavy atom. The van der Waals surface area contributed by atoms with Crippen LogP contribution in [0.1, 0.15) is 50.7 Å². The molecule has 2 aromatic rings. The van der Waals surface area contributed by atoms with E-state index >= 15 is 0 Å². The maximum Gasteiger partial charge on any atom is 0.0737 e. The monoisotopic (exact) mass is 279 g/mol. The van der Waals surface area contributed by atoms with Crippen molar-refractivity contribution < 1.29 is 0 Å². The van der Waals surface area contributed by atoms with Crippen molar-refractivity contribution in [2.75, 3.05) is 0 Å². The van der Waals surface area contributed by atoms with Crippen molar-refractivity contribution in [2.45, 2.75) is 46.5 Å². The number of unbranched alkanes of at least 4 members (excludes halogenated alkanes) is 1. The standard InChI is InChI=1S/C20H25N/c1-4-6-12-17(10-5-2)18-13-7-8-14-19(18)20-16(3)11-9-15-21-20/h7-9,11-15H,4-6,10H2,1-3H3/b17-12+. The van der Waals surface area contributed by atoms with Crippen LogP contribution in [0.15, 0.2) is 48.7 Å². The number of aryl methyl sites for hydroxylation is 1. The molecule has 0 unspecified atom stereocenters. The van der Waals surface area contributed by atoms with Crippen molar-refractivity contribution >= 4 is 5.57 Å². The Morgan fingerprint density at radius 2 is 1.86 bits per heavy atom. The van der Waals surface area contributed by atoms with E-state index in [-0.39, 0.29) is 0 Å². The van der Waals surface area contributed by atoms with Crippen LogP contribution in [-0.4, -0.2) is 4.98 Å². The van der Waals surface area contributed by atoms with Crippen LogP contribution < -0.4 is 0 Å². The predicted octanol–water partition coefficient (Wildman–Crippen LogP) is 6.04. The van der Waals surface area contributed by atoms with Crippen LogP contribution in [0.2, 0.25) is 0 Å². The van der Waals surface area contributed by atoms with Gasteiger partial charge in [0.05, 0.1) is 5.69 Å². The molecule has 1 aromatic heterocycles. The summed E-state index contributed by atoms with van der Waals surface area (Å²) < 4.78 is 0. The van der Waals surface area contributed by atoms with Gasteiger partial charge in [0.15, 0.2) is 0 Å². The van der Waals surface area contributed by atoms with Gasteiger partial charge in [-0.3, -0.25) is 4.98 Å². The Kier molecular flexibility index (Phi) is 5.74. The minimum absolute atomic E-state index is 1.10. The fourth-order valence-electron chi connectivity index (χ4n) is 2.67. The molecule has 21 heavy (non-hydrogen) atoms. The summed E-state index contributed by atoms with van der Waals surface area (Å²) in [4.78, 5) is 4.60. The average Bonchev–Trinajstić information content (AvgIpc) is 2.52. The zero-order valence-electron chi connectivity index (χ0n) is 13.4. The molecule has 0 atom stereocenters. The summed E-state index contributed by atoms with van der Waals surface area (Å²) in [6, 6.07) is 12.8. The molecule has 0 aliphatic carbocycles. The summed E-state index contributed by atoms with van der Waals surface area (Å²) in [5, 5.41) is 0. The second-order valence-corrected chi connectivity index (χ2v) is 5.48. The predicted molar refractivity (Wildman–Crippen MR) is 92.2 cm³/mol. The van der Waals surface area contributed by atoms with Crippen molar-refractivity contribution in [2.24, 2.45) is 0 Å². The van der Waals surface area contributed by atoms with Crippen molar-refractivity contribution in [3.05, 3.63) is 59.8 Å². The highest BCUT2D eigenvalue weighted by molar-refractivity contribution is 5.81. The van der Waals surface area contributed by atoms with Gasteiger partial charge in [0.25, 0.3) is 0 Å². The van der Waals surface area contributed by atoms with Gasteiger partial charge in [-0.2, -0.15) is 0 Å². The van der Waals surface area contributed by atoms with Gasteiger partial charge in [-0.05, 0) is 42.5 Å². The van der Waals surface area contributed by atoms with E-state index < -0.39 is 0 Å². The zero-order chi connectivity index (χ0) is 15.1. The van der Waals surface area contributed by atoms with E-state index in [1.807, 2.05) is 12.3 Å². The molecule has 0 amide bonds. The lowest BCUT2D eigenvalue weighted by molar-refractivity contribution is 0.933. The van der Waals surface area contributed by atoms with Crippen molar-refractivity contribution in [3.63, 3.8) is 0 Å². The van der Waals surface area contributed by atoms with Gasteiger partial charge in [0.1, 0.15) is 0 Å². The molecule has 0 radical (unpaired) electrons. The summed E-state index contributed by atoms with van der Waals surface area (Å²) in [5.41, 5.74) is 6.39. The third-order valence-corrected chi connectivity index (χ3v) is 3.74. The van der Waals surface area contributed by atoms with Gasteiger partial charge in [-0.1, -0.05) is 63.1 Å². The minimum Gasteiger partial charge on any atom is -0.256 e. The van der Waals surface area contributed by atoms with Crippen LogP contribution in [0.3, 0.4) is 0 Å². The fraction of sp³-hybridized carbons (Fsp3) is 0.350. The van der Waals surface area contributed by atoms with E-state index in [1.165, 1.54) is 35.1 Å². The largest absolute Gasteiger partial charge is 0.256 e. The highest BCUT2D eigenvalue weighted by Crippen LogP contribution is 2.32. The molecular weight excluding hydrogens is 254 g/mol. The van der Waals surface area contributed by atoms with E-state index in [1.54, 1.807) is 0 Å². The molecule has 0 aliphatic rings. The fourth-order valence-corrected chi connectivity index (χ4v) is 2.67. The number of rotatable bonds is 6. The molecule has 0 bridgehead atoms. The Bertz CT molecular complexity index is 611. The van der Waals surface area contributed by atoms with Crippen LogP contribution in [-0.2, 0) is 0 Å². The lowest BCUT2D eigenvalue weighted by Crippen LogP contribution is -1.94. The summed E-state index contributed by atoms with van der Waals surface area (Å²) in [6.07, 6.45) is 8.92. The molecule has 0 spiro atoms. The molecule has 2 rings (SSSR count). The summed E-state index contributed by atoms with van der Waals surface area (Å²) in [6.45, 7) is 6.61. The van der Waals surface area contributed by atoms with Crippen LogP contribution in [0, 0.1) is 6.92 Å². The maximum atomic E-state index is 4.60. The van der Waals surface area contributed by atoms with Gasteiger partial charge >= 0.3 is 0 Å². The molecule has 1 heterocycles. The quantitative estimate of drug-likeness (QED) is 0.628. The molecular formula is C20H25N. The molecule has 0 fully saturated rings. The first-order valence-electron chi connectivity index (χ1n) is 7.98. The van der Waals surface area contributed by atoms with Gasteiger partial charge in [-0.25, -0.2) is 0 Å². The van der Waals surface area contributed by atoms with Gasteiger partial charge in [0, 0.05) is 11.8 Å². The highest BCUT2D eigenvalue weighted by atomic mass is 14.7. The van der Waals surface area contributed by atoms with E-state index in [0.717, 1.165) is 18.5 Å². The molecule has 0 N–H and O–H groups in total.